The molecule has 7 heteroatoms. The van der Waals surface area contributed by atoms with Gasteiger partial charge < -0.3 is 15.2 Å². The molecule has 0 spiro atoms. The lowest BCUT2D eigenvalue weighted by Crippen LogP contribution is -2.06. The first kappa shape index (κ1) is 14.2. The molecule has 0 amide bonds. The summed E-state index contributed by atoms with van der Waals surface area (Å²) in [5.74, 6) is 0.774. The van der Waals surface area contributed by atoms with Gasteiger partial charge in [0.05, 0.1) is 12.8 Å². The number of rotatable bonds is 6. The Kier molecular flexibility index (Phi) is 6.20. The number of methoxy groups -OCH3 is 1. The van der Waals surface area contributed by atoms with Crippen molar-refractivity contribution in [2.45, 2.75) is 5.75 Å². The number of carbonyl (C=O) groups excluding carboxylic acids is 1. The fourth-order valence-corrected chi connectivity index (χ4v) is 2.88. The number of hydrogen-bond acceptors (Lipinski definition) is 7. The topological polar surface area (TPSA) is 72.8 Å². The van der Waals surface area contributed by atoms with Crippen molar-refractivity contribution >= 4 is 33.2 Å². The minimum absolute atomic E-state index is 0.178. The molecule has 0 saturated heterocycles. The molecule has 1 aromatic rings. The van der Waals surface area contributed by atoms with Gasteiger partial charge >= 0.3 is 5.97 Å². The van der Waals surface area contributed by atoms with Gasteiger partial charge in [-0.3, -0.25) is 10.0 Å². The second-order valence-electron chi connectivity index (χ2n) is 3.04. The van der Waals surface area contributed by atoms with Crippen LogP contribution in [-0.2, 0) is 15.3 Å². The van der Waals surface area contributed by atoms with Gasteiger partial charge in [0.2, 0.25) is 0 Å². The lowest BCUT2D eigenvalue weighted by Gasteiger charge is -2.21. The summed E-state index contributed by atoms with van der Waals surface area (Å²) in [5.41, 5.74) is 1.21. The summed E-state index contributed by atoms with van der Waals surface area (Å²) in [7, 11) is 4.29. The molecule has 0 radical (unpaired) electrons. The van der Waals surface area contributed by atoms with E-state index >= 15 is 0 Å². The molecular formula is C10H12NO4S2-. The molecule has 0 aliphatic heterocycles. The Morgan fingerprint density at radius 2 is 2.06 bits per heavy atom. The molecule has 1 rings (SSSR count). The molecule has 0 aliphatic carbocycles. The molecule has 0 fully saturated rings. The van der Waals surface area contributed by atoms with E-state index in [9.17, 15) is 10.0 Å². The predicted octanol–water partition coefficient (Wildman–Crippen LogP) is 2.43. The molecule has 0 aromatic heterocycles. The zero-order valence-electron chi connectivity index (χ0n) is 9.16. The van der Waals surface area contributed by atoms with Crippen molar-refractivity contribution < 1.29 is 14.7 Å². The third kappa shape index (κ3) is 5.31. The quantitative estimate of drug-likeness (QED) is 0.369. The van der Waals surface area contributed by atoms with E-state index in [1.165, 1.54) is 40.8 Å². The highest BCUT2D eigenvalue weighted by Crippen LogP contribution is 2.26. The first-order valence-electron chi connectivity index (χ1n) is 4.70. The lowest BCUT2D eigenvalue weighted by atomic mass is 10.2. The van der Waals surface area contributed by atoms with Gasteiger partial charge in [-0.15, -0.1) is 0 Å². The van der Waals surface area contributed by atoms with Crippen LogP contribution in [0.15, 0.2) is 24.3 Å². The van der Waals surface area contributed by atoms with Crippen molar-refractivity contribution in [1.82, 2.24) is 0 Å². The Morgan fingerprint density at radius 3 is 2.59 bits per heavy atom. The molecule has 1 N–H and O–H groups in total. The largest absolute Gasteiger partial charge is 0.733 e. The van der Waals surface area contributed by atoms with Gasteiger partial charge in [0, 0.05) is 5.75 Å². The fraction of sp³-hybridized carbons (Fsp3) is 0.300. The van der Waals surface area contributed by atoms with Gasteiger partial charge in [-0.05, 0) is 17.7 Å². The summed E-state index contributed by atoms with van der Waals surface area (Å²) < 4.78 is 4.50. The number of nitrogens with zero attached hydrogens (tertiary/aromatic N) is 1. The Morgan fingerprint density at radius 1 is 1.41 bits per heavy atom. The van der Waals surface area contributed by atoms with Gasteiger partial charge in [-0.25, -0.2) is 0 Å². The molecule has 0 heterocycles. The van der Waals surface area contributed by atoms with Crippen molar-refractivity contribution in [3.05, 3.63) is 35.0 Å². The molecule has 1 aromatic carbocycles. The van der Waals surface area contributed by atoms with E-state index in [-0.39, 0.29) is 16.9 Å². The Balaban J connectivity index is 2.30. The van der Waals surface area contributed by atoms with Gasteiger partial charge in [-0.2, -0.15) is 0 Å². The minimum Gasteiger partial charge on any atom is -0.733 e. The normalized spacial score (nSPS) is 10.1. The van der Waals surface area contributed by atoms with Crippen LogP contribution in [-0.4, -0.2) is 24.0 Å². The van der Waals surface area contributed by atoms with E-state index in [0.717, 1.165) is 5.56 Å². The van der Waals surface area contributed by atoms with Crippen LogP contribution in [0.5, 0.6) is 0 Å². The monoisotopic (exact) mass is 274 g/mol. The third-order valence-corrected chi connectivity index (χ3v) is 4.05. The van der Waals surface area contributed by atoms with Crippen molar-refractivity contribution in [3.63, 3.8) is 0 Å². The lowest BCUT2D eigenvalue weighted by molar-refractivity contribution is -0.137. The molecule has 0 atom stereocenters. The first-order valence-corrected chi connectivity index (χ1v) is 7.18. The molecule has 5 nitrogen and oxygen atoms in total. The zero-order chi connectivity index (χ0) is 12.7. The van der Waals surface area contributed by atoms with Crippen molar-refractivity contribution in [2.75, 3.05) is 18.1 Å². The maximum absolute atomic E-state index is 10.8. The molecular weight excluding hydrogens is 262 g/mol. The van der Waals surface area contributed by atoms with Crippen LogP contribution >= 0.6 is 21.6 Å². The maximum atomic E-state index is 10.8. The van der Waals surface area contributed by atoms with Gasteiger partial charge in [0.1, 0.15) is 5.75 Å². The first-order chi connectivity index (χ1) is 8.13. The van der Waals surface area contributed by atoms with Crippen molar-refractivity contribution in [1.29, 1.82) is 0 Å². The summed E-state index contributed by atoms with van der Waals surface area (Å²) in [6.07, 6.45) is 0. The minimum atomic E-state index is -0.250. The van der Waals surface area contributed by atoms with E-state index in [2.05, 4.69) is 4.74 Å². The van der Waals surface area contributed by atoms with Gasteiger partial charge in [0.15, 0.2) is 0 Å². The molecule has 94 valence electrons. The molecule has 0 unspecified atom stereocenters. The third-order valence-electron chi connectivity index (χ3n) is 1.87. The number of anilines is 1. The highest BCUT2D eigenvalue weighted by Gasteiger charge is 2.01. The maximum Gasteiger partial charge on any atom is 0.316 e. The van der Waals surface area contributed by atoms with E-state index in [4.69, 9.17) is 5.21 Å². The Hall–Kier alpha value is -0.890. The highest BCUT2D eigenvalue weighted by molar-refractivity contribution is 8.76. The van der Waals surface area contributed by atoms with Crippen LogP contribution in [0.25, 0.3) is 0 Å². The van der Waals surface area contributed by atoms with E-state index < -0.39 is 0 Å². The molecule has 0 aliphatic rings. The van der Waals surface area contributed by atoms with Crippen LogP contribution in [0.1, 0.15) is 5.56 Å². The van der Waals surface area contributed by atoms with Crippen LogP contribution in [0, 0.1) is 5.21 Å². The number of esters is 1. The Bertz CT molecular complexity index is 356. The standard InChI is InChI=1S/C10H12NO4S2/c1-15-10(12)7-17-16-6-8-2-4-9(5-3-8)11(13)14/h2-5,13H,6-7H2,1H3/q-1. The smallest absolute Gasteiger partial charge is 0.316 e. The van der Waals surface area contributed by atoms with E-state index in [1.54, 1.807) is 12.1 Å². The predicted molar refractivity (Wildman–Crippen MR) is 69.8 cm³/mol. The summed E-state index contributed by atoms with van der Waals surface area (Å²) in [6, 6.07) is 6.58. The molecule has 0 bridgehead atoms. The second-order valence-corrected chi connectivity index (χ2v) is 5.50. The highest BCUT2D eigenvalue weighted by atomic mass is 33.1. The van der Waals surface area contributed by atoms with Crippen LogP contribution in [0.2, 0.25) is 0 Å². The average Bonchev–Trinajstić information content (AvgIpc) is 2.34. The van der Waals surface area contributed by atoms with E-state index in [1.807, 2.05) is 0 Å². The van der Waals surface area contributed by atoms with E-state index in [0.29, 0.717) is 11.5 Å². The average molecular weight is 274 g/mol. The number of carbonyl (C=O) groups is 1. The van der Waals surface area contributed by atoms with Gasteiger partial charge in [-0.1, -0.05) is 33.7 Å². The SMILES string of the molecule is COC(=O)CSSCc1ccc(N([O-])O)cc1. The number of ether oxygens (including phenoxy) is 1. The Labute approximate surface area is 107 Å². The van der Waals surface area contributed by atoms with Crippen molar-refractivity contribution in [2.24, 2.45) is 0 Å². The summed E-state index contributed by atoms with van der Waals surface area (Å²) in [6.45, 7) is 0. The zero-order valence-corrected chi connectivity index (χ0v) is 10.8. The summed E-state index contributed by atoms with van der Waals surface area (Å²) in [5, 5.41) is 19.0. The van der Waals surface area contributed by atoms with Crippen LogP contribution in [0.4, 0.5) is 5.69 Å². The summed E-state index contributed by atoms with van der Waals surface area (Å²) in [4.78, 5) is 10.8. The van der Waals surface area contributed by atoms with Crippen molar-refractivity contribution in [3.8, 4) is 0 Å². The molecule has 0 saturated carbocycles. The van der Waals surface area contributed by atoms with Crippen LogP contribution in [0.3, 0.4) is 0 Å². The molecule has 17 heavy (non-hydrogen) atoms. The van der Waals surface area contributed by atoms with Crippen LogP contribution < -0.4 is 5.23 Å². The van der Waals surface area contributed by atoms with Gasteiger partial charge in [0.25, 0.3) is 0 Å². The fourth-order valence-electron chi connectivity index (χ4n) is 0.978. The summed E-state index contributed by atoms with van der Waals surface area (Å²) >= 11 is 0. The number of hydrogen-bond donors (Lipinski definition) is 1. The number of benzene rings is 1. The second kappa shape index (κ2) is 7.44.